The van der Waals surface area contributed by atoms with E-state index in [9.17, 15) is 8.78 Å². The minimum Gasteiger partial charge on any atom is -0.393 e. The average molecular weight is 258 g/mol. The zero-order valence-corrected chi connectivity index (χ0v) is 10.6. The van der Waals surface area contributed by atoms with Gasteiger partial charge in [0.2, 0.25) is 0 Å². The van der Waals surface area contributed by atoms with E-state index in [2.05, 4.69) is 0 Å². The van der Waals surface area contributed by atoms with Gasteiger partial charge in [0, 0.05) is 25.1 Å². The fraction of sp³-hybridized carbons (Fsp3) is 0.417. The first kappa shape index (κ1) is 14.0. The van der Waals surface area contributed by atoms with E-state index in [1.165, 1.54) is 6.07 Å². The largest absolute Gasteiger partial charge is 0.393 e. The van der Waals surface area contributed by atoms with Gasteiger partial charge in [-0.3, -0.25) is 4.90 Å². The van der Waals surface area contributed by atoms with Gasteiger partial charge in [0.1, 0.15) is 0 Å². The average Bonchev–Trinajstić information content (AvgIpc) is 2.29. The van der Waals surface area contributed by atoms with Crippen molar-refractivity contribution < 1.29 is 8.78 Å². The van der Waals surface area contributed by atoms with Crippen LogP contribution < -0.4 is 5.73 Å². The third-order valence-electron chi connectivity index (χ3n) is 2.55. The summed E-state index contributed by atoms with van der Waals surface area (Å²) in [7, 11) is 0. The summed E-state index contributed by atoms with van der Waals surface area (Å²) in [5.74, 6) is -1.59. The number of thiocarbonyl (C=S) groups is 1. The fourth-order valence-electron chi connectivity index (χ4n) is 1.53. The summed E-state index contributed by atoms with van der Waals surface area (Å²) in [5, 5.41) is 0. The molecule has 0 aliphatic heterocycles. The molecule has 2 nitrogen and oxygen atoms in total. The quantitative estimate of drug-likeness (QED) is 0.795. The van der Waals surface area contributed by atoms with Gasteiger partial charge in [-0.15, -0.1) is 0 Å². The van der Waals surface area contributed by atoms with Crippen molar-refractivity contribution in [3.05, 3.63) is 35.4 Å². The van der Waals surface area contributed by atoms with E-state index >= 15 is 0 Å². The molecule has 0 saturated heterocycles. The molecule has 94 valence electrons. The number of nitrogens with two attached hydrogens (primary N) is 1. The smallest absolute Gasteiger partial charge is 0.163 e. The van der Waals surface area contributed by atoms with Crippen molar-refractivity contribution in [2.24, 2.45) is 5.73 Å². The van der Waals surface area contributed by atoms with E-state index < -0.39 is 11.6 Å². The Morgan fingerprint density at radius 1 is 1.41 bits per heavy atom. The Labute approximate surface area is 105 Å². The molecule has 0 amide bonds. The highest BCUT2D eigenvalue weighted by atomic mass is 32.1. The standard InChI is InChI=1S/C12H16F2N2S/c1-2-16(7-6-11(15)17)8-9-4-3-5-10(13)12(9)14/h3-5H,2,6-8H2,1H3,(H2,15,17). The van der Waals surface area contributed by atoms with Crippen LogP contribution in [0, 0.1) is 11.6 Å². The van der Waals surface area contributed by atoms with E-state index in [4.69, 9.17) is 18.0 Å². The maximum absolute atomic E-state index is 13.4. The molecule has 0 spiro atoms. The van der Waals surface area contributed by atoms with Gasteiger partial charge in [0.15, 0.2) is 11.6 Å². The molecular formula is C12H16F2N2S. The molecule has 0 radical (unpaired) electrons. The van der Waals surface area contributed by atoms with Crippen LogP contribution >= 0.6 is 12.2 Å². The topological polar surface area (TPSA) is 29.3 Å². The van der Waals surface area contributed by atoms with Crippen molar-refractivity contribution in [3.8, 4) is 0 Å². The van der Waals surface area contributed by atoms with Gasteiger partial charge in [0.25, 0.3) is 0 Å². The Morgan fingerprint density at radius 2 is 2.12 bits per heavy atom. The summed E-state index contributed by atoms with van der Waals surface area (Å²) in [5.41, 5.74) is 5.77. The maximum Gasteiger partial charge on any atom is 0.163 e. The first-order valence-electron chi connectivity index (χ1n) is 5.48. The second kappa shape index (κ2) is 6.61. The van der Waals surface area contributed by atoms with Gasteiger partial charge in [-0.2, -0.15) is 0 Å². The number of halogens is 2. The van der Waals surface area contributed by atoms with E-state index in [1.54, 1.807) is 6.07 Å². The van der Waals surface area contributed by atoms with E-state index in [0.29, 0.717) is 30.1 Å². The molecule has 0 heterocycles. The molecule has 1 aromatic carbocycles. The summed E-state index contributed by atoms with van der Waals surface area (Å²) >= 11 is 4.79. The van der Waals surface area contributed by atoms with Crippen LogP contribution in [0.5, 0.6) is 0 Å². The molecule has 0 bridgehead atoms. The van der Waals surface area contributed by atoms with Crippen LogP contribution in [0.4, 0.5) is 8.78 Å². The number of nitrogens with zero attached hydrogens (tertiary/aromatic N) is 1. The van der Waals surface area contributed by atoms with Gasteiger partial charge in [0.05, 0.1) is 4.99 Å². The lowest BCUT2D eigenvalue weighted by Crippen LogP contribution is -2.27. The zero-order valence-electron chi connectivity index (χ0n) is 9.75. The van der Waals surface area contributed by atoms with E-state index in [-0.39, 0.29) is 0 Å². The summed E-state index contributed by atoms with van der Waals surface area (Å²) in [6, 6.07) is 4.21. The normalized spacial score (nSPS) is 10.8. The summed E-state index contributed by atoms with van der Waals surface area (Å²) in [6.07, 6.45) is 0.583. The molecule has 0 aliphatic carbocycles. The van der Waals surface area contributed by atoms with E-state index in [0.717, 1.165) is 12.6 Å². The van der Waals surface area contributed by atoms with Crippen LogP contribution in [-0.4, -0.2) is 23.0 Å². The number of benzene rings is 1. The molecule has 5 heteroatoms. The molecule has 0 atom stereocenters. The van der Waals surface area contributed by atoms with Gasteiger partial charge in [-0.25, -0.2) is 8.78 Å². The zero-order chi connectivity index (χ0) is 12.8. The molecule has 1 aromatic rings. The fourth-order valence-corrected chi connectivity index (χ4v) is 1.62. The highest BCUT2D eigenvalue weighted by molar-refractivity contribution is 7.80. The highest BCUT2D eigenvalue weighted by Gasteiger charge is 2.11. The molecule has 0 aromatic heterocycles. The van der Waals surface area contributed by atoms with E-state index in [1.807, 2.05) is 11.8 Å². The summed E-state index contributed by atoms with van der Waals surface area (Å²) < 4.78 is 26.5. The first-order chi connectivity index (χ1) is 8.04. The van der Waals surface area contributed by atoms with Crippen LogP contribution in [0.1, 0.15) is 18.9 Å². The molecule has 0 saturated carbocycles. The molecule has 1 rings (SSSR count). The Kier molecular flexibility index (Phi) is 5.44. The predicted molar refractivity (Wildman–Crippen MR) is 68.7 cm³/mol. The van der Waals surface area contributed by atoms with Gasteiger partial charge < -0.3 is 5.73 Å². The van der Waals surface area contributed by atoms with Crippen molar-refractivity contribution >= 4 is 17.2 Å². The molecule has 0 unspecified atom stereocenters. The third-order valence-corrected chi connectivity index (χ3v) is 2.75. The molecular weight excluding hydrogens is 242 g/mol. The van der Waals surface area contributed by atoms with Crippen LogP contribution in [0.15, 0.2) is 18.2 Å². The van der Waals surface area contributed by atoms with Crippen molar-refractivity contribution in [3.63, 3.8) is 0 Å². The Hall–Kier alpha value is -1.07. The van der Waals surface area contributed by atoms with Gasteiger partial charge in [-0.1, -0.05) is 31.3 Å². The number of rotatable bonds is 6. The maximum atomic E-state index is 13.4. The van der Waals surface area contributed by atoms with Crippen LogP contribution in [0.25, 0.3) is 0 Å². The van der Waals surface area contributed by atoms with Gasteiger partial charge in [-0.05, 0) is 12.6 Å². The minimum absolute atomic E-state index is 0.356. The van der Waals surface area contributed by atoms with Crippen LogP contribution in [0.3, 0.4) is 0 Å². The van der Waals surface area contributed by atoms with Crippen molar-refractivity contribution in [1.29, 1.82) is 0 Å². The number of hydrogen-bond acceptors (Lipinski definition) is 2. The van der Waals surface area contributed by atoms with Crippen LogP contribution in [-0.2, 0) is 6.54 Å². The lowest BCUT2D eigenvalue weighted by atomic mass is 10.2. The summed E-state index contributed by atoms with van der Waals surface area (Å²) in [6.45, 7) is 3.71. The lowest BCUT2D eigenvalue weighted by molar-refractivity contribution is 0.282. The molecule has 0 aliphatic rings. The van der Waals surface area contributed by atoms with Crippen molar-refractivity contribution in [1.82, 2.24) is 4.90 Å². The molecule has 2 N–H and O–H groups in total. The number of hydrogen-bond donors (Lipinski definition) is 1. The van der Waals surface area contributed by atoms with Crippen molar-refractivity contribution in [2.45, 2.75) is 19.9 Å². The van der Waals surface area contributed by atoms with Gasteiger partial charge >= 0.3 is 0 Å². The highest BCUT2D eigenvalue weighted by Crippen LogP contribution is 2.13. The Morgan fingerprint density at radius 3 is 2.71 bits per heavy atom. The SMILES string of the molecule is CCN(CCC(N)=S)Cc1cccc(F)c1F. The molecule has 0 fully saturated rings. The minimum atomic E-state index is -0.812. The van der Waals surface area contributed by atoms with Crippen LogP contribution in [0.2, 0.25) is 0 Å². The molecule has 17 heavy (non-hydrogen) atoms. The first-order valence-corrected chi connectivity index (χ1v) is 5.89. The monoisotopic (exact) mass is 258 g/mol. The second-order valence-corrected chi connectivity index (χ2v) is 4.32. The van der Waals surface area contributed by atoms with Crippen molar-refractivity contribution in [2.75, 3.05) is 13.1 Å². The Bertz CT molecular complexity index is 396. The second-order valence-electron chi connectivity index (χ2n) is 3.80. The predicted octanol–water partition coefficient (Wildman–Crippen LogP) is 2.46. The Balaban J connectivity index is 2.67. The lowest BCUT2D eigenvalue weighted by Gasteiger charge is -2.20. The third kappa shape index (κ3) is 4.36. The summed E-state index contributed by atoms with van der Waals surface area (Å²) in [4.78, 5) is 2.40.